The highest BCUT2D eigenvalue weighted by Crippen LogP contribution is 2.45. The first-order chi connectivity index (χ1) is 4.04. The van der Waals surface area contributed by atoms with Crippen molar-refractivity contribution in [3.63, 3.8) is 0 Å². The molecular formula is C8H13I. The van der Waals surface area contributed by atoms with Crippen LogP contribution in [0.4, 0.5) is 0 Å². The minimum Gasteiger partial charge on any atom is -0.0635 e. The summed E-state index contributed by atoms with van der Waals surface area (Å²) < 4.78 is 1.58. The van der Waals surface area contributed by atoms with E-state index in [1.54, 1.807) is 9.15 Å². The van der Waals surface area contributed by atoms with Crippen molar-refractivity contribution >= 4 is 22.6 Å². The number of halogens is 1. The van der Waals surface area contributed by atoms with Crippen LogP contribution < -0.4 is 0 Å². The van der Waals surface area contributed by atoms with Crippen LogP contribution in [0.1, 0.15) is 33.6 Å². The summed E-state index contributed by atoms with van der Waals surface area (Å²) in [5, 5.41) is 0. The normalized spacial score (nSPS) is 25.3. The molecule has 0 bridgehead atoms. The zero-order valence-electron chi connectivity index (χ0n) is 6.29. The number of hydrogen-bond acceptors (Lipinski definition) is 0. The van der Waals surface area contributed by atoms with Crippen LogP contribution in [0.3, 0.4) is 0 Å². The second kappa shape index (κ2) is 2.26. The highest BCUT2D eigenvalue weighted by atomic mass is 127. The molecule has 0 saturated heterocycles. The third-order valence-electron chi connectivity index (χ3n) is 2.09. The smallest absolute Gasteiger partial charge is 0.00431 e. The van der Waals surface area contributed by atoms with Crippen LogP contribution in [0.2, 0.25) is 0 Å². The SMILES string of the molecule is CC1=C(I)C(C)(C)CC1. The minimum absolute atomic E-state index is 0.491. The Morgan fingerprint density at radius 1 is 1.44 bits per heavy atom. The van der Waals surface area contributed by atoms with Gasteiger partial charge in [-0.25, -0.2) is 0 Å². The molecule has 0 spiro atoms. The largest absolute Gasteiger partial charge is 0.0635 e. The molecule has 0 aromatic rings. The van der Waals surface area contributed by atoms with E-state index in [1.165, 1.54) is 12.8 Å². The molecule has 0 aromatic carbocycles. The van der Waals surface area contributed by atoms with Crippen LogP contribution in [0, 0.1) is 5.41 Å². The predicted molar refractivity (Wildman–Crippen MR) is 49.7 cm³/mol. The van der Waals surface area contributed by atoms with Crippen LogP contribution >= 0.6 is 22.6 Å². The highest BCUT2D eigenvalue weighted by molar-refractivity contribution is 14.1. The lowest BCUT2D eigenvalue weighted by molar-refractivity contribution is 0.466. The first-order valence-electron chi connectivity index (χ1n) is 3.40. The quantitative estimate of drug-likeness (QED) is 0.564. The van der Waals surface area contributed by atoms with Gasteiger partial charge in [0.2, 0.25) is 0 Å². The van der Waals surface area contributed by atoms with Crippen molar-refractivity contribution in [2.24, 2.45) is 5.41 Å². The maximum atomic E-state index is 2.48. The summed E-state index contributed by atoms with van der Waals surface area (Å²) in [5.41, 5.74) is 2.09. The molecule has 0 unspecified atom stereocenters. The summed E-state index contributed by atoms with van der Waals surface area (Å²) >= 11 is 2.48. The highest BCUT2D eigenvalue weighted by Gasteiger charge is 2.28. The van der Waals surface area contributed by atoms with Crippen LogP contribution in [-0.4, -0.2) is 0 Å². The number of allylic oxidation sites excluding steroid dienone is 2. The van der Waals surface area contributed by atoms with E-state index in [4.69, 9.17) is 0 Å². The summed E-state index contributed by atoms with van der Waals surface area (Å²) in [5.74, 6) is 0. The Bertz CT molecular complexity index is 154. The van der Waals surface area contributed by atoms with E-state index in [9.17, 15) is 0 Å². The van der Waals surface area contributed by atoms with Gasteiger partial charge in [0.1, 0.15) is 0 Å². The van der Waals surface area contributed by atoms with Gasteiger partial charge in [0.05, 0.1) is 0 Å². The average Bonchev–Trinajstić information content (AvgIpc) is 1.97. The summed E-state index contributed by atoms with van der Waals surface area (Å²) in [7, 11) is 0. The molecule has 0 N–H and O–H groups in total. The van der Waals surface area contributed by atoms with Gasteiger partial charge in [-0.3, -0.25) is 0 Å². The number of rotatable bonds is 0. The molecule has 0 amide bonds. The third kappa shape index (κ3) is 1.31. The van der Waals surface area contributed by atoms with E-state index < -0.39 is 0 Å². The second-order valence-corrected chi connectivity index (χ2v) is 4.56. The van der Waals surface area contributed by atoms with Gasteiger partial charge in [0.25, 0.3) is 0 Å². The molecule has 9 heavy (non-hydrogen) atoms. The van der Waals surface area contributed by atoms with Gasteiger partial charge in [-0.1, -0.05) is 19.4 Å². The Kier molecular flexibility index (Phi) is 1.90. The lowest BCUT2D eigenvalue weighted by atomic mass is 9.94. The van der Waals surface area contributed by atoms with E-state index in [1.807, 2.05) is 0 Å². The zero-order valence-corrected chi connectivity index (χ0v) is 8.45. The first kappa shape index (κ1) is 7.58. The monoisotopic (exact) mass is 236 g/mol. The fourth-order valence-corrected chi connectivity index (χ4v) is 1.84. The molecule has 1 heteroatoms. The van der Waals surface area contributed by atoms with E-state index in [-0.39, 0.29) is 0 Å². The van der Waals surface area contributed by atoms with Crippen molar-refractivity contribution in [1.82, 2.24) is 0 Å². The zero-order chi connectivity index (χ0) is 7.07. The molecule has 0 heterocycles. The molecule has 1 aliphatic carbocycles. The molecule has 1 rings (SSSR count). The lowest BCUT2D eigenvalue weighted by Crippen LogP contribution is -2.04. The molecule has 0 nitrogen and oxygen atoms in total. The molecule has 0 saturated carbocycles. The molecule has 1 aliphatic rings. The first-order valence-corrected chi connectivity index (χ1v) is 4.47. The predicted octanol–water partition coefficient (Wildman–Crippen LogP) is 3.52. The summed E-state index contributed by atoms with van der Waals surface area (Å²) in [6.45, 7) is 6.90. The van der Waals surface area contributed by atoms with Crippen molar-refractivity contribution in [2.45, 2.75) is 33.6 Å². The maximum absolute atomic E-state index is 2.48. The third-order valence-corrected chi connectivity index (χ3v) is 4.47. The Balaban J connectivity index is 2.88. The molecule has 0 aliphatic heterocycles. The van der Waals surface area contributed by atoms with Crippen LogP contribution in [0.25, 0.3) is 0 Å². The fourth-order valence-electron chi connectivity index (χ4n) is 1.30. The van der Waals surface area contributed by atoms with Gasteiger partial charge in [-0.2, -0.15) is 0 Å². The van der Waals surface area contributed by atoms with Gasteiger partial charge < -0.3 is 0 Å². The van der Waals surface area contributed by atoms with Crippen molar-refractivity contribution in [3.8, 4) is 0 Å². The van der Waals surface area contributed by atoms with Gasteiger partial charge in [0.15, 0.2) is 0 Å². The molecule has 0 atom stereocenters. The molecule has 0 aromatic heterocycles. The summed E-state index contributed by atoms with van der Waals surface area (Å²) in [6, 6.07) is 0. The van der Waals surface area contributed by atoms with Crippen molar-refractivity contribution in [3.05, 3.63) is 9.15 Å². The molecule has 52 valence electrons. The Morgan fingerprint density at radius 2 is 2.00 bits per heavy atom. The van der Waals surface area contributed by atoms with E-state index in [0.717, 1.165) is 0 Å². The van der Waals surface area contributed by atoms with Crippen molar-refractivity contribution < 1.29 is 0 Å². The van der Waals surface area contributed by atoms with Gasteiger partial charge in [-0.05, 0) is 51.4 Å². The molecular weight excluding hydrogens is 223 g/mol. The maximum Gasteiger partial charge on any atom is -0.00431 e. The number of hydrogen-bond donors (Lipinski definition) is 0. The van der Waals surface area contributed by atoms with Gasteiger partial charge in [-0.15, -0.1) is 0 Å². The lowest BCUT2D eigenvalue weighted by Gasteiger charge is -2.17. The second-order valence-electron chi connectivity index (χ2n) is 3.48. The Labute approximate surface area is 70.9 Å². The Morgan fingerprint density at radius 3 is 2.11 bits per heavy atom. The van der Waals surface area contributed by atoms with Crippen molar-refractivity contribution in [1.29, 1.82) is 0 Å². The minimum atomic E-state index is 0.491. The fraction of sp³-hybridized carbons (Fsp3) is 0.750. The molecule has 0 radical (unpaired) electrons. The summed E-state index contributed by atoms with van der Waals surface area (Å²) in [4.78, 5) is 0. The topological polar surface area (TPSA) is 0 Å². The van der Waals surface area contributed by atoms with E-state index in [2.05, 4.69) is 43.4 Å². The molecule has 0 fully saturated rings. The Hall–Kier alpha value is 0.470. The van der Waals surface area contributed by atoms with Crippen LogP contribution in [0.5, 0.6) is 0 Å². The van der Waals surface area contributed by atoms with Crippen LogP contribution in [0.15, 0.2) is 9.15 Å². The van der Waals surface area contributed by atoms with Crippen LogP contribution in [-0.2, 0) is 0 Å². The van der Waals surface area contributed by atoms with Gasteiger partial charge >= 0.3 is 0 Å². The van der Waals surface area contributed by atoms with E-state index >= 15 is 0 Å². The van der Waals surface area contributed by atoms with Crippen molar-refractivity contribution in [2.75, 3.05) is 0 Å². The summed E-state index contributed by atoms with van der Waals surface area (Å²) in [6.07, 6.45) is 2.66. The van der Waals surface area contributed by atoms with Gasteiger partial charge in [0, 0.05) is 0 Å². The standard InChI is InChI=1S/C8H13I/c1-6-4-5-8(2,3)7(6)9/h4-5H2,1-3H3. The van der Waals surface area contributed by atoms with E-state index in [0.29, 0.717) is 5.41 Å². The average molecular weight is 236 g/mol.